The topological polar surface area (TPSA) is 78.0 Å². The smallest absolute Gasteiger partial charge is 0.238 e. The summed E-state index contributed by atoms with van der Waals surface area (Å²) < 4.78 is 25.5. The van der Waals surface area contributed by atoms with E-state index in [1.54, 1.807) is 23.9 Å². The van der Waals surface area contributed by atoms with Gasteiger partial charge in [0, 0.05) is 11.4 Å². The minimum atomic E-state index is -3.73. The monoisotopic (exact) mass is 403 g/mol. The van der Waals surface area contributed by atoms with Gasteiger partial charge >= 0.3 is 0 Å². The Morgan fingerprint density at radius 3 is 2.59 bits per heavy atom. The molecule has 0 aliphatic carbocycles. The molecule has 0 aliphatic heterocycles. The summed E-state index contributed by atoms with van der Waals surface area (Å²) in [5.41, 5.74) is 4.14. The van der Waals surface area contributed by atoms with Crippen LogP contribution in [0.1, 0.15) is 36.7 Å². The first-order valence-electron chi connectivity index (χ1n) is 9.01. The number of aryl methyl sites for hydroxylation is 3. The number of hydrogen-bond acceptors (Lipinski definition) is 4. The molecule has 0 saturated carbocycles. The van der Waals surface area contributed by atoms with Crippen molar-refractivity contribution in [1.29, 1.82) is 0 Å². The predicted molar refractivity (Wildman–Crippen MR) is 111 cm³/mol. The van der Waals surface area contributed by atoms with Crippen LogP contribution < -0.4 is 5.14 Å². The van der Waals surface area contributed by atoms with Crippen molar-refractivity contribution in [3.63, 3.8) is 0 Å². The van der Waals surface area contributed by atoms with Crippen LogP contribution in [-0.2, 0) is 22.3 Å². The van der Waals surface area contributed by atoms with Gasteiger partial charge in [-0.25, -0.2) is 18.5 Å². The summed E-state index contributed by atoms with van der Waals surface area (Å²) >= 11 is 1.76. The maximum Gasteiger partial charge on any atom is 0.238 e. The van der Waals surface area contributed by atoms with E-state index in [9.17, 15) is 8.42 Å². The summed E-state index contributed by atoms with van der Waals surface area (Å²) in [5, 5.41) is 5.27. The van der Waals surface area contributed by atoms with Crippen LogP contribution in [0.15, 0.2) is 46.2 Å². The maximum absolute atomic E-state index is 11.7. The van der Waals surface area contributed by atoms with Crippen molar-refractivity contribution in [1.82, 2.24) is 9.55 Å². The number of rotatable bonds is 7. The molecule has 3 rings (SSSR count). The summed E-state index contributed by atoms with van der Waals surface area (Å²) in [5.74, 6) is 1.68. The Hall–Kier alpha value is -1.83. The van der Waals surface area contributed by atoms with Gasteiger partial charge in [0.1, 0.15) is 5.82 Å². The molecule has 0 fully saturated rings. The highest BCUT2D eigenvalue weighted by atomic mass is 32.2. The zero-order valence-corrected chi connectivity index (χ0v) is 17.5. The number of primary sulfonamides is 1. The lowest BCUT2D eigenvalue weighted by Crippen LogP contribution is -2.11. The van der Waals surface area contributed by atoms with E-state index in [2.05, 4.69) is 43.5 Å². The third-order valence-electron chi connectivity index (χ3n) is 4.55. The van der Waals surface area contributed by atoms with E-state index in [-0.39, 0.29) is 4.90 Å². The number of benzene rings is 2. The molecule has 0 saturated heterocycles. The number of hydrogen-bond donors (Lipinski definition) is 1. The summed E-state index contributed by atoms with van der Waals surface area (Å²) in [6, 6.07) is 11.4. The lowest BCUT2D eigenvalue weighted by molar-refractivity contribution is 0.598. The summed E-state index contributed by atoms with van der Waals surface area (Å²) in [7, 11) is -3.73. The first-order chi connectivity index (χ1) is 12.8. The van der Waals surface area contributed by atoms with Crippen molar-refractivity contribution in [2.75, 3.05) is 0 Å². The Labute approximate surface area is 165 Å². The van der Waals surface area contributed by atoms with Crippen LogP contribution in [0.5, 0.6) is 0 Å². The molecule has 0 radical (unpaired) electrons. The zero-order valence-electron chi connectivity index (χ0n) is 15.9. The molecule has 1 aromatic heterocycles. The molecule has 27 heavy (non-hydrogen) atoms. The van der Waals surface area contributed by atoms with E-state index in [1.807, 2.05) is 6.07 Å². The fourth-order valence-electron chi connectivity index (χ4n) is 3.12. The first kappa shape index (κ1) is 19.9. The molecule has 3 aromatic rings. The normalized spacial score (nSPS) is 12.0. The van der Waals surface area contributed by atoms with E-state index in [0.29, 0.717) is 5.52 Å². The van der Waals surface area contributed by atoms with Gasteiger partial charge in [0.2, 0.25) is 10.0 Å². The van der Waals surface area contributed by atoms with Crippen molar-refractivity contribution in [3.05, 3.63) is 53.3 Å². The lowest BCUT2D eigenvalue weighted by Gasteiger charge is -2.10. The molecule has 144 valence electrons. The number of aromatic nitrogens is 2. The van der Waals surface area contributed by atoms with Gasteiger partial charge in [-0.1, -0.05) is 31.0 Å². The molecule has 0 aliphatic rings. The molecular formula is C20H25N3O2S2. The van der Waals surface area contributed by atoms with E-state index < -0.39 is 10.0 Å². The van der Waals surface area contributed by atoms with Gasteiger partial charge < -0.3 is 4.57 Å². The maximum atomic E-state index is 11.7. The second-order valence-corrected chi connectivity index (χ2v) is 9.36. The standard InChI is InChI=1S/C20H25N3O2S2/c1-4-5-10-23-18-8-7-16(27(21,24)25)12-17(18)22-20(23)13-26-19-9-6-14(2)11-15(19)3/h6-9,11-12H,4-5,10,13H2,1-3H3,(H2,21,24,25). The second kappa shape index (κ2) is 8.04. The van der Waals surface area contributed by atoms with Crippen LogP contribution in [0.25, 0.3) is 11.0 Å². The van der Waals surface area contributed by atoms with Crippen LogP contribution >= 0.6 is 11.8 Å². The van der Waals surface area contributed by atoms with E-state index >= 15 is 0 Å². The third kappa shape index (κ3) is 4.54. The number of nitrogens with zero attached hydrogens (tertiary/aromatic N) is 2. The molecule has 0 bridgehead atoms. The average molecular weight is 404 g/mol. The molecular weight excluding hydrogens is 378 g/mol. The number of thioether (sulfide) groups is 1. The SMILES string of the molecule is CCCCn1c(CSc2ccc(C)cc2C)nc2cc(S(N)(=O)=O)ccc21. The third-order valence-corrected chi connectivity index (χ3v) is 6.63. The number of imidazole rings is 1. The Bertz CT molecular complexity index is 1070. The Balaban J connectivity index is 1.96. The van der Waals surface area contributed by atoms with Gasteiger partial charge in [-0.3, -0.25) is 0 Å². The molecule has 2 aromatic carbocycles. The van der Waals surface area contributed by atoms with Crippen molar-refractivity contribution in [2.45, 2.75) is 55.7 Å². The van der Waals surface area contributed by atoms with Gasteiger partial charge in [0.05, 0.1) is 21.7 Å². The Kier molecular flexibility index (Phi) is 5.93. The van der Waals surface area contributed by atoms with Gasteiger partial charge in [-0.15, -0.1) is 11.8 Å². The molecule has 0 amide bonds. The highest BCUT2D eigenvalue weighted by Crippen LogP contribution is 2.29. The number of unbranched alkanes of at least 4 members (excludes halogenated alkanes) is 1. The molecule has 2 N–H and O–H groups in total. The molecule has 0 unspecified atom stereocenters. The zero-order chi connectivity index (χ0) is 19.6. The van der Waals surface area contributed by atoms with Gasteiger partial charge in [0.15, 0.2) is 0 Å². The summed E-state index contributed by atoms with van der Waals surface area (Å²) in [6.45, 7) is 7.23. The summed E-state index contributed by atoms with van der Waals surface area (Å²) in [6.07, 6.45) is 2.13. The van der Waals surface area contributed by atoms with Crippen molar-refractivity contribution < 1.29 is 8.42 Å². The Morgan fingerprint density at radius 1 is 1.15 bits per heavy atom. The van der Waals surface area contributed by atoms with E-state index in [4.69, 9.17) is 10.1 Å². The van der Waals surface area contributed by atoms with Gasteiger partial charge in [-0.05, 0) is 50.1 Å². The lowest BCUT2D eigenvalue weighted by atomic mass is 10.2. The van der Waals surface area contributed by atoms with Crippen LogP contribution in [0.2, 0.25) is 0 Å². The molecule has 7 heteroatoms. The molecule has 5 nitrogen and oxygen atoms in total. The number of nitrogens with two attached hydrogens (primary N) is 1. The fourth-order valence-corrected chi connectivity index (χ4v) is 4.61. The quantitative estimate of drug-likeness (QED) is 0.593. The van der Waals surface area contributed by atoms with Crippen LogP contribution in [0.4, 0.5) is 0 Å². The van der Waals surface area contributed by atoms with Gasteiger partial charge in [-0.2, -0.15) is 0 Å². The largest absolute Gasteiger partial charge is 0.327 e. The number of fused-ring (bicyclic) bond motifs is 1. The van der Waals surface area contributed by atoms with E-state index in [0.717, 1.165) is 36.5 Å². The minimum Gasteiger partial charge on any atom is -0.327 e. The highest BCUT2D eigenvalue weighted by Gasteiger charge is 2.15. The molecule has 0 atom stereocenters. The highest BCUT2D eigenvalue weighted by molar-refractivity contribution is 7.98. The minimum absolute atomic E-state index is 0.101. The first-order valence-corrected chi connectivity index (χ1v) is 11.5. The van der Waals surface area contributed by atoms with Crippen molar-refractivity contribution >= 4 is 32.8 Å². The Morgan fingerprint density at radius 2 is 1.93 bits per heavy atom. The summed E-state index contributed by atoms with van der Waals surface area (Å²) in [4.78, 5) is 6.06. The van der Waals surface area contributed by atoms with Crippen LogP contribution in [-0.4, -0.2) is 18.0 Å². The van der Waals surface area contributed by atoms with Crippen molar-refractivity contribution in [2.24, 2.45) is 5.14 Å². The molecule has 0 spiro atoms. The van der Waals surface area contributed by atoms with Crippen LogP contribution in [0.3, 0.4) is 0 Å². The fraction of sp³-hybridized carbons (Fsp3) is 0.350. The predicted octanol–water partition coefficient (Wildman–Crippen LogP) is 4.39. The van der Waals surface area contributed by atoms with E-state index in [1.165, 1.54) is 16.0 Å². The second-order valence-electron chi connectivity index (χ2n) is 6.79. The van der Waals surface area contributed by atoms with Crippen LogP contribution in [0, 0.1) is 13.8 Å². The molecule has 1 heterocycles. The number of sulfonamides is 1. The van der Waals surface area contributed by atoms with Crippen molar-refractivity contribution in [3.8, 4) is 0 Å². The average Bonchev–Trinajstić information content (AvgIpc) is 2.95. The van der Waals surface area contributed by atoms with Gasteiger partial charge in [0.25, 0.3) is 0 Å².